The Bertz CT molecular complexity index is 1650. The molecule has 45 heavy (non-hydrogen) atoms. The molecule has 0 saturated carbocycles. The largest absolute Gasteiger partial charge is 0.573 e. The maximum absolute atomic E-state index is 15.1. The number of ether oxygens (including phenoxy) is 4. The first-order chi connectivity index (χ1) is 21.6. The van der Waals surface area contributed by atoms with Crippen LogP contribution in [0.1, 0.15) is 6.42 Å². The summed E-state index contributed by atoms with van der Waals surface area (Å²) < 4.78 is 90.1. The molecule has 0 spiro atoms. The van der Waals surface area contributed by atoms with Gasteiger partial charge < -0.3 is 33.5 Å². The number of nitrogens with zero attached hydrogens (tertiary/aromatic N) is 3. The number of para-hydroxylation sites is 1. The molecule has 1 atom stereocenters. The summed E-state index contributed by atoms with van der Waals surface area (Å²) in [6.07, 6.45) is -2.59. The molecule has 1 saturated heterocycles. The van der Waals surface area contributed by atoms with Crippen molar-refractivity contribution in [2.45, 2.75) is 17.7 Å². The van der Waals surface area contributed by atoms with E-state index < -0.39 is 28.9 Å². The number of aromatic nitrogens is 1. The first-order valence-electron chi connectivity index (χ1n) is 14.1. The molecule has 1 aliphatic rings. The van der Waals surface area contributed by atoms with Crippen molar-refractivity contribution in [3.8, 4) is 28.7 Å². The van der Waals surface area contributed by atoms with Crippen LogP contribution < -0.4 is 23.7 Å². The van der Waals surface area contributed by atoms with Crippen molar-refractivity contribution in [3.63, 3.8) is 0 Å². The number of alkyl halides is 3. The van der Waals surface area contributed by atoms with Gasteiger partial charge in [0.15, 0.2) is 34.1 Å². The quantitative estimate of drug-likeness (QED) is 0.143. The summed E-state index contributed by atoms with van der Waals surface area (Å²) in [6.45, 7) is 5.63. The summed E-state index contributed by atoms with van der Waals surface area (Å²) in [6, 6.07) is 13.8. The van der Waals surface area contributed by atoms with Crippen molar-refractivity contribution in [1.82, 2.24) is 14.8 Å². The van der Waals surface area contributed by atoms with E-state index in [4.69, 9.17) is 14.2 Å². The third kappa shape index (κ3) is 8.53. The number of likely N-dealkylation sites (N-methyl/N-ethyl adjacent to an activating group) is 1. The number of methoxy groups -OCH3 is 1. The molecule has 4 aromatic rings. The number of nitrogens with one attached hydrogen (secondary N) is 1. The number of hydrogen-bond acceptors (Lipinski definition) is 8. The topological polar surface area (TPSA) is 85.4 Å². The maximum Gasteiger partial charge on any atom is 0.573 e. The van der Waals surface area contributed by atoms with Gasteiger partial charge in [-0.2, -0.15) is 0 Å². The second-order valence-corrected chi connectivity index (χ2v) is 11.5. The lowest BCUT2D eigenvalue weighted by Crippen LogP contribution is -2.44. The smallest absolute Gasteiger partial charge is 0.493 e. The van der Waals surface area contributed by atoms with Gasteiger partial charge in [0.1, 0.15) is 16.4 Å². The predicted molar refractivity (Wildman–Crippen MR) is 162 cm³/mol. The van der Waals surface area contributed by atoms with Crippen LogP contribution in [-0.4, -0.2) is 78.8 Å². The number of fused-ring (bicyclic) bond motifs is 1. The molecule has 1 N–H and O–H groups in total. The zero-order valence-electron chi connectivity index (χ0n) is 24.6. The van der Waals surface area contributed by atoms with E-state index in [-0.39, 0.29) is 16.3 Å². The van der Waals surface area contributed by atoms with Crippen LogP contribution in [0.2, 0.25) is 0 Å². The van der Waals surface area contributed by atoms with E-state index in [9.17, 15) is 17.4 Å². The Morgan fingerprint density at radius 3 is 2.44 bits per heavy atom. The number of piperazine rings is 1. The summed E-state index contributed by atoms with van der Waals surface area (Å²) in [4.78, 5) is 8.88. The summed E-state index contributed by atoms with van der Waals surface area (Å²) in [5.41, 5.74) is 0.604. The minimum atomic E-state index is -4.97. The number of rotatable bonds is 12. The van der Waals surface area contributed by atoms with Gasteiger partial charge in [-0.25, -0.2) is 8.60 Å². The van der Waals surface area contributed by atoms with Crippen molar-refractivity contribution in [2.24, 2.45) is 0 Å². The molecular formula is C31H32F4N4O5S. The molecule has 1 unspecified atom stereocenters. The van der Waals surface area contributed by atoms with Crippen molar-refractivity contribution in [3.05, 3.63) is 72.7 Å². The average molecular weight is 649 g/mol. The fraction of sp³-hybridized carbons (Fsp3) is 0.323. The van der Waals surface area contributed by atoms with Crippen LogP contribution in [0.5, 0.6) is 28.7 Å². The highest BCUT2D eigenvalue weighted by Crippen LogP contribution is 2.38. The third-order valence-electron chi connectivity index (χ3n) is 7.10. The molecule has 0 bridgehead atoms. The van der Waals surface area contributed by atoms with Gasteiger partial charge in [0, 0.05) is 62.1 Å². The fourth-order valence-corrected chi connectivity index (χ4v) is 5.72. The second kappa shape index (κ2) is 14.3. The Labute approximate surface area is 260 Å². The first kappa shape index (κ1) is 32.3. The Hall–Kier alpha value is -4.14. The average Bonchev–Trinajstić information content (AvgIpc) is 3.00. The summed E-state index contributed by atoms with van der Waals surface area (Å²) in [7, 11) is 1.47. The number of benzene rings is 3. The van der Waals surface area contributed by atoms with Crippen LogP contribution in [0.3, 0.4) is 0 Å². The van der Waals surface area contributed by atoms with Gasteiger partial charge in [0.2, 0.25) is 0 Å². The lowest BCUT2D eigenvalue weighted by Gasteiger charge is -2.32. The van der Waals surface area contributed by atoms with Gasteiger partial charge >= 0.3 is 6.36 Å². The lowest BCUT2D eigenvalue weighted by molar-refractivity contribution is -0.275. The zero-order chi connectivity index (χ0) is 32.0. The van der Waals surface area contributed by atoms with Gasteiger partial charge in [0.25, 0.3) is 0 Å². The van der Waals surface area contributed by atoms with Crippen molar-refractivity contribution < 1.29 is 40.7 Å². The molecular weight excluding hydrogens is 616 g/mol. The minimum absolute atomic E-state index is 0.0515. The Kier molecular flexibility index (Phi) is 10.3. The summed E-state index contributed by atoms with van der Waals surface area (Å²) in [5.74, 6) is -0.254. The highest BCUT2D eigenvalue weighted by molar-refractivity contribution is 7.86. The number of pyridine rings is 1. The monoisotopic (exact) mass is 648 g/mol. The lowest BCUT2D eigenvalue weighted by atomic mass is 10.1. The SMILES string of the molecule is COc1cc2c(Oc3ccc(NS(=O)c4ccccc4OC(F)(F)F)cc3F)ccnc2cc1OCCCN1CCN(C)CC1. The molecule has 0 aliphatic carbocycles. The van der Waals surface area contributed by atoms with Gasteiger partial charge in [-0.15, -0.1) is 13.2 Å². The molecule has 1 aromatic heterocycles. The van der Waals surface area contributed by atoms with E-state index in [1.54, 1.807) is 18.2 Å². The van der Waals surface area contributed by atoms with Crippen LogP contribution in [0.4, 0.5) is 23.2 Å². The summed E-state index contributed by atoms with van der Waals surface area (Å²) in [5, 5.41) is 0.558. The zero-order valence-corrected chi connectivity index (χ0v) is 25.4. The molecule has 5 rings (SSSR count). The first-order valence-corrected chi connectivity index (χ1v) is 15.3. The maximum atomic E-state index is 15.1. The molecule has 9 nitrogen and oxygen atoms in total. The molecule has 3 aromatic carbocycles. The van der Waals surface area contributed by atoms with Crippen molar-refractivity contribution >= 4 is 27.6 Å². The van der Waals surface area contributed by atoms with E-state index in [1.165, 1.54) is 43.6 Å². The predicted octanol–water partition coefficient (Wildman–Crippen LogP) is 6.22. The highest BCUT2D eigenvalue weighted by Gasteiger charge is 2.32. The molecule has 2 heterocycles. The Morgan fingerprint density at radius 1 is 0.933 bits per heavy atom. The number of hydrogen-bond donors (Lipinski definition) is 1. The molecule has 1 fully saturated rings. The number of anilines is 1. The Balaban J connectivity index is 1.26. The third-order valence-corrected chi connectivity index (χ3v) is 8.25. The van der Waals surface area contributed by atoms with Crippen LogP contribution in [0.25, 0.3) is 10.9 Å². The van der Waals surface area contributed by atoms with Crippen LogP contribution in [0, 0.1) is 5.82 Å². The van der Waals surface area contributed by atoms with Gasteiger partial charge in [0.05, 0.1) is 19.2 Å². The molecule has 1 aliphatic heterocycles. The molecule has 240 valence electrons. The molecule has 0 amide bonds. The van der Waals surface area contributed by atoms with Crippen LogP contribution >= 0.6 is 0 Å². The van der Waals surface area contributed by atoms with E-state index in [1.807, 2.05) is 0 Å². The van der Waals surface area contributed by atoms with Gasteiger partial charge in [-0.05, 0) is 49.9 Å². The molecule has 0 radical (unpaired) electrons. The van der Waals surface area contributed by atoms with E-state index in [0.29, 0.717) is 34.8 Å². The summed E-state index contributed by atoms with van der Waals surface area (Å²) >= 11 is 0. The van der Waals surface area contributed by atoms with Gasteiger partial charge in [-0.1, -0.05) is 12.1 Å². The van der Waals surface area contributed by atoms with E-state index >= 15 is 4.39 Å². The molecule has 14 heteroatoms. The van der Waals surface area contributed by atoms with Crippen LogP contribution in [-0.2, 0) is 11.0 Å². The fourth-order valence-electron chi connectivity index (χ4n) is 4.77. The van der Waals surface area contributed by atoms with Crippen LogP contribution in [0.15, 0.2) is 71.8 Å². The van der Waals surface area contributed by atoms with Crippen molar-refractivity contribution in [1.29, 1.82) is 0 Å². The number of halogens is 4. The second-order valence-electron chi connectivity index (χ2n) is 10.3. The highest BCUT2D eigenvalue weighted by atomic mass is 32.2. The van der Waals surface area contributed by atoms with E-state index in [0.717, 1.165) is 51.3 Å². The van der Waals surface area contributed by atoms with Crippen molar-refractivity contribution in [2.75, 3.05) is 58.2 Å². The normalized spacial score (nSPS) is 15.1. The Morgan fingerprint density at radius 2 is 1.71 bits per heavy atom. The van der Waals surface area contributed by atoms with Gasteiger partial charge in [-0.3, -0.25) is 4.98 Å². The minimum Gasteiger partial charge on any atom is -0.493 e. The van der Waals surface area contributed by atoms with E-state index in [2.05, 4.69) is 31.3 Å². The standard InChI is InChI=1S/C31H32F4N4O5S/c1-38-13-15-39(16-14-38)12-5-17-42-29-20-24-22(19-28(29)41-2)25(10-11-36-24)43-26-9-8-21(18-23(26)32)37-45(40)30-7-4-3-6-27(30)44-31(33,34)35/h3-4,6-11,18-20,37H,5,12-17H2,1-2H3.